The molecule has 2 rings (SSSR count). The summed E-state index contributed by atoms with van der Waals surface area (Å²) < 4.78 is 7.55. The van der Waals surface area contributed by atoms with Gasteiger partial charge < -0.3 is 9.30 Å². The van der Waals surface area contributed by atoms with E-state index in [2.05, 4.69) is 6.92 Å². The largest absolute Gasteiger partial charge is 0.494 e. The smallest absolute Gasteiger partial charge is 0.162 e. The number of hydrogen-bond acceptors (Lipinski definition) is 3. The van der Waals surface area contributed by atoms with E-state index in [-0.39, 0.29) is 11.6 Å². The Bertz CT molecular complexity index is 701. The van der Waals surface area contributed by atoms with Crippen molar-refractivity contribution in [2.45, 2.75) is 41.0 Å². The van der Waals surface area contributed by atoms with Gasteiger partial charge >= 0.3 is 0 Å². The number of hydrogen-bond donors (Lipinski definition) is 0. The molecule has 0 radical (unpaired) electrons. The van der Waals surface area contributed by atoms with Crippen molar-refractivity contribution >= 4 is 11.6 Å². The number of carbonyl (C=O) groups is 2. The molecule has 0 aliphatic heterocycles. The molecule has 2 aromatic rings. The van der Waals surface area contributed by atoms with E-state index in [0.29, 0.717) is 17.7 Å². The van der Waals surface area contributed by atoms with E-state index in [9.17, 15) is 9.59 Å². The second kappa shape index (κ2) is 6.82. The molecule has 122 valence electrons. The Morgan fingerprint density at radius 1 is 0.957 bits per heavy atom. The van der Waals surface area contributed by atoms with Crippen LogP contribution in [0.2, 0.25) is 0 Å². The molecule has 0 fully saturated rings. The van der Waals surface area contributed by atoms with Gasteiger partial charge in [0.25, 0.3) is 0 Å². The summed E-state index contributed by atoms with van der Waals surface area (Å²) in [5.74, 6) is 0.645. The second-order valence-corrected chi connectivity index (χ2v) is 5.71. The van der Waals surface area contributed by atoms with Gasteiger partial charge in [-0.2, -0.15) is 0 Å². The fourth-order valence-corrected chi connectivity index (χ4v) is 3.00. The molecular formula is C19H23NO3. The first-order chi connectivity index (χ1) is 10.9. The van der Waals surface area contributed by atoms with Crippen molar-refractivity contribution in [2.75, 3.05) is 6.61 Å². The summed E-state index contributed by atoms with van der Waals surface area (Å²) in [7, 11) is 0. The van der Waals surface area contributed by atoms with E-state index < -0.39 is 0 Å². The van der Waals surface area contributed by atoms with Crippen molar-refractivity contribution in [1.82, 2.24) is 4.57 Å². The summed E-state index contributed by atoms with van der Waals surface area (Å²) in [4.78, 5) is 24.0. The van der Waals surface area contributed by atoms with Gasteiger partial charge in [-0.1, -0.05) is 6.92 Å². The number of aromatic nitrogens is 1. The van der Waals surface area contributed by atoms with Gasteiger partial charge in [0.15, 0.2) is 11.6 Å². The van der Waals surface area contributed by atoms with Crippen LogP contribution in [0.3, 0.4) is 0 Å². The van der Waals surface area contributed by atoms with Crippen LogP contribution in [0.15, 0.2) is 24.3 Å². The molecule has 0 bridgehead atoms. The average molecular weight is 313 g/mol. The van der Waals surface area contributed by atoms with Crippen molar-refractivity contribution in [1.29, 1.82) is 0 Å². The standard InChI is InChI=1S/C19H23NO3/c1-6-11-23-17-9-7-16(8-10-17)20-12(2)18(14(4)21)19(13(20)3)15(5)22/h7-10H,6,11H2,1-5H3. The summed E-state index contributed by atoms with van der Waals surface area (Å²) in [6, 6.07) is 7.70. The zero-order valence-electron chi connectivity index (χ0n) is 14.4. The van der Waals surface area contributed by atoms with Crippen molar-refractivity contribution in [3.8, 4) is 11.4 Å². The first-order valence-corrected chi connectivity index (χ1v) is 7.85. The van der Waals surface area contributed by atoms with E-state index in [1.165, 1.54) is 13.8 Å². The van der Waals surface area contributed by atoms with Gasteiger partial charge in [-0.25, -0.2) is 0 Å². The van der Waals surface area contributed by atoms with E-state index in [4.69, 9.17) is 4.74 Å². The number of carbonyl (C=O) groups excluding carboxylic acids is 2. The van der Waals surface area contributed by atoms with Crippen molar-refractivity contribution in [2.24, 2.45) is 0 Å². The number of Topliss-reactive ketones (excluding diaryl/α,β-unsaturated/α-hetero) is 2. The van der Waals surface area contributed by atoms with Crippen LogP contribution in [0.5, 0.6) is 5.75 Å². The molecule has 0 N–H and O–H groups in total. The average Bonchev–Trinajstić information content (AvgIpc) is 2.77. The third-order valence-electron chi connectivity index (χ3n) is 3.92. The van der Waals surface area contributed by atoms with Crippen LogP contribution in [0.25, 0.3) is 5.69 Å². The minimum Gasteiger partial charge on any atom is -0.494 e. The third-order valence-corrected chi connectivity index (χ3v) is 3.92. The molecular weight excluding hydrogens is 290 g/mol. The van der Waals surface area contributed by atoms with Gasteiger partial charge in [0.1, 0.15) is 5.75 Å². The van der Waals surface area contributed by atoms with E-state index >= 15 is 0 Å². The van der Waals surface area contributed by atoms with Gasteiger partial charge in [-0.15, -0.1) is 0 Å². The van der Waals surface area contributed by atoms with Crippen molar-refractivity contribution in [3.63, 3.8) is 0 Å². The molecule has 4 heteroatoms. The zero-order valence-corrected chi connectivity index (χ0v) is 14.4. The Hall–Kier alpha value is -2.36. The van der Waals surface area contributed by atoms with Gasteiger partial charge in [0.05, 0.1) is 6.61 Å². The Morgan fingerprint density at radius 3 is 1.83 bits per heavy atom. The summed E-state index contributed by atoms with van der Waals surface area (Å²) in [6.45, 7) is 9.49. The number of ketones is 2. The van der Waals surface area contributed by atoms with Gasteiger partial charge in [0, 0.05) is 28.2 Å². The fraction of sp³-hybridized carbons (Fsp3) is 0.368. The predicted octanol–water partition coefficient (Wildman–Crippen LogP) is 4.29. The topological polar surface area (TPSA) is 48.3 Å². The van der Waals surface area contributed by atoms with E-state index in [0.717, 1.165) is 29.2 Å². The Morgan fingerprint density at radius 2 is 1.43 bits per heavy atom. The molecule has 1 heterocycles. The van der Waals surface area contributed by atoms with Gasteiger partial charge in [0.2, 0.25) is 0 Å². The number of ether oxygens (including phenoxy) is 1. The molecule has 0 aliphatic rings. The number of rotatable bonds is 6. The minimum absolute atomic E-state index is 0.0857. The highest BCUT2D eigenvalue weighted by atomic mass is 16.5. The fourth-order valence-electron chi connectivity index (χ4n) is 3.00. The van der Waals surface area contributed by atoms with Crippen LogP contribution in [0.1, 0.15) is 59.3 Å². The minimum atomic E-state index is -0.0857. The monoisotopic (exact) mass is 313 g/mol. The van der Waals surface area contributed by atoms with Crippen LogP contribution in [-0.4, -0.2) is 22.7 Å². The molecule has 1 aromatic heterocycles. The van der Waals surface area contributed by atoms with Gasteiger partial charge in [-0.05, 0) is 58.4 Å². The summed E-state index contributed by atoms with van der Waals surface area (Å²) in [6.07, 6.45) is 0.960. The summed E-state index contributed by atoms with van der Waals surface area (Å²) in [5, 5.41) is 0. The van der Waals surface area contributed by atoms with Crippen LogP contribution >= 0.6 is 0 Å². The Kier molecular flexibility index (Phi) is 5.04. The van der Waals surface area contributed by atoms with Crippen LogP contribution in [0, 0.1) is 13.8 Å². The highest BCUT2D eigenvalue weighted by Crippen LogP contribution is 2.28. The number of nitrogens with zero attached hydrogens (tertiary/aromatic N) is 1. The lowest BCUT2D eigenvalue weighted by Gasteiger charge is -2.11. The lowest BCUT2D eigenvalue weighted by atomic mass is 10.0. The van der Waals surface area contributed by atoms with Gasteiger partial charge in [-0.3, -0.25) is 9.59 Å². The molecule has 0 spiro atoms. The quantitative estimate of drug-likeness (QED) is 0.748. The molecule has 0 saturated carbocycles. The third kappa shape index (κ3) is 3.21. The Labute approximate surface area is 137 Å². The van der Waals surface area contributed by atoms with Crippen LogP contribution in [-0.2, 0) is 0 Å². The predicted molar refractivity (Wildman–Crippen MR) is 91.0 cm³/mol. The molecule has 0 aliphatic carbocycles. The molecule has 0 unspecified atom stereocenters. The van der Waals surface area contributed by atoms with Crippen molar-refractivity contribution in [3.05, 3.63) is 46.8 Å². The Balaban J connectivity index is 2.53. The number of benzene rings is 1. The highest BCUT2D eigenvalue weighted by Gasteiger charge is 2.23. The zero-order chi connectivity index (χ0) is 17.1. The normalized spacial score (nSPS) is 10.7. The van der Waals surface area contributed by atoms with E-state index in [1.807, 2.05) is 42.7 Å². The second-order valence-electron chi connectivity index (χ2n) is 5.71. The molecule has 4 nitrogen and oxygen atoms in total. The molecule has 0 saturated heterocycles. The maximum atomic E-state index is 12.0. The van der Waals surface area contributed by atoms with Crippen LogP contribution < -0.4 is 4.74 Å². The first kappa shape index (κ1) is 17.0. The molecule has 1 aromatic carbocycles. The van der Waals surface area contributed by atoms with E-state index in [1.54, 1.807) is 0 Å². The summed E-state index contributed by atoms with van der Waals surface area (Å²) in [5.41, 5.74) is 3.53. The highest BCUT2D eigenvalue weighted by molar-refractivity contribution is 6.09. The SMILES string of the molecule is CCCOc1ccc(-n2c(C)c(C(C)=O)c(C(C)=O)c2C)cc1. The maximum Gasteiger partial charge on any atom is 0.162 e. The van der Waals surface area contributed by atoms with Crippen LogP contribution in [0.4, 0.5) is 0 Å². The van der Waals surface area contributed by atoms with Crippen molar-refractivity contribution < 1.29 is 14.3 Å². The maximum absolute atomic E-state index is 12.0. The lowest BCUT2D eigenvalue weighted by Crippen LogP contribution is -2.02. The molecule has 0 atom stereocenters. The summed E-state index contributed by atoms with van der Waals surface area (Å²) >= 11 is 0. The molecule has 23 heavy (non-hydrogen) atoms. The lowest BCUT2D eigenvalue weighted by molar-refractivity contribution is 0.0981. The molecule has 0 amide bonds. The first-order valence-electron chi connectivity index (χ1n) is 7.85.